The van der Waals surface area contributed by atoms with Crippen LogP contribution in [0.5, 0.6) is 0 Å². The Morgan fingerprint density at radius 1 is 0.962 bits per heavy atom. The lowest BCUT2D eigenvalue weighted by Gasteiger charge is -2.21. The highest BCUT2D eigenvalue weighted by molar-refractivity contribution is 6.22. The van der Waals surface area contributed by atoms with Crippen molar-refractivity contribution in [3.8, 4) is 0 Å². The molecule has 0 aromatic heterocycles. The van der Waals surface area contributed by atoms with Gasteiger partial charge in [0.1, 0.15) is 5.57 Å². The van der Waals surface area contributed by atoms with E-state index in [1.54, 1.807) is 0 Å². The average molecular weight is 357 g/mol. The van der Waals surface area contributed by atoms with Crippen LogP contribution in [0.15, 0.2) is 47.3 Å². The summed E-state index contributed by atoms with van der Waals surface area (Å²) in [6.07, 6.45) is 12.1. The molecule has 0 bridgehead atoms. The number of para-hydroxylation sites is 1. The van der Waals surface area contributed by atoms with Gasteiger partial charge >= 0.3 is 5.97 Å². The molecule has 2 rings (SSSR count). The highest BCUT2D eigenvalue weighted by Gasteiger charge is 2.26. The lowest BCUT2D eigenvalue weighted by Crippen LogP contribution is -2.21. The van der Waals surface area contributed by atoms with E-state index in [4.69, 9.17) is 4.84 Å². The number of hydrogen-bond donors (Lipinski definition) is 0. The second kappa shape index (κ2) is 11.5. The van der Waals surface area contributed by atoms with Crippen molar-refractivity contribution in [3.05, 3.63) is 42.1 Å². The van der Waals surface area contributed by atoms with Crippen molar-refractivity contribution < 1.29 is 9.63 Å². The molecule has 0 radical (unpaired) electrons. The number of carbonyl (C=O) groups is 1. The van der Waals surface area contributed by atoms with Gasteiger partial charge in [0.15, 0.2) is 0 Å². The molecule has 0 atom stereocenters. The van der Waals surface area contributed by atoms with Crippen LogP contribution in [0.1, 0.15) is 71.6 Å². The number of unbranched alkanes of at least 4 members (excludes halogenated alkanes) is 6. The number of hydrogen-bond acceptors (Lipinski definition) is 4. The van der Waals surface area contributed by atoms with Crippen LogP contribution in [0.25, 0.3) is 0 Å². The zero-order valence-corrected chi connectivity index (χ0v) is 16.2. The molecule has 1 aliphatic rings. The van der Waals surface area contributed by atoms with Gasteiger partial charge in [0.2, 0.25) is 0 Å². The Morgan fingerprint density at radius 3 is 2.35 bits per heavy atom. The normalized spacial score (nSPS) is 15.2. The Morgan fingerprint density at radius 2 is 1.65 bits per heavy atom. The van der Waals surface area contributed by atoms with Gasteiger partial charge in [-0.3, -0.25) is 0 Å². The topological polar surface area (TPSA) is 41.9 Å². The molecular weight excluding hydrogens is 324 g/mol. The summed E-state index contributed by atoms with van der Waals surface area (Å²) >= 11 is 0. The van der Waals surface area contributed by atoms with Gasteiger partial charge in [-0.1, -0.05) is 75.7 Å². The van der Waals surface area contributed by atoms with Gasteiger partial charge in [0.25, 0.3) is 0 Å². The predicted molar refractivity (Wildman–Crippen MR) is 108 cm³/mol. The largest absolute Gasteiger partial charge is 0.369 e. The van der Waals surface area contributed by atoms with Crippen molar-refractivity contribution in [3.63, 3.8) is 0 Å². The van der Waals surface area contributed by atoms with E-state index in [0.29, 0.717) is 5.57 Å². The quantitative estimate of drug-likeness (QED) is 0.268. The minimum Gasteiger partial charge on any atom is -0.347 e. The fourth-order valence-corrected chi connectivity index (χ4v) is 3.09. The first-order valence-corrected chi connectivity index (χ1v) is 10.1. The van der Waals surface area contributed by atoms with E-state index in [0.717, 1.165) is 43.6 Å². The van der Waals surface area contributed by atoms with E-state index < -0.39 is 0 Å². The van der Waals surface area contributed by atoms with E-state index in [9.17, 15) is 4.79 Å². The van der Waals surface area contributed by atoms with E-state index in [-0.39, 0.29) is 5.97 Å². The van der Waals surface area contributed by atoms with Crippen molar-refractivity contribution in [2.24, 2.45) is 5.16 Å². The van der Waals surface area contributed by atoms with Gasteiger partial charge in [-0.15, -0.1) is 0 Å². The zero-order valence-electron chi connectivity index (χ0n) is 16.2. The standard InChI is InChI=1S/C22H32N2O2/c1-3-5-7-12-16-21-20(22(25)26-23-21)18-24(17-13-8-6-4-2)19-14-10-9-11-15-19/h9-11,14-15,18H,3-8,12-13,16-17H2,1-2H3. The summed E-state index contributed by atoms with van der Waals surface area (Å²) in [6.45, 7) is 5.30. The molecule has 0 saturated carbocycles. The molecule has 1 heterocycles. The summed E-state index contributed by atoms with van der Waals surface area (Å²) in [7, 11) is 0. The lowest BCUT2D eigenvalue weighted by molar-refractivity contribution is -0.136. The first kappa shape index (κ1) is 20.2. The Hall–Kier alpha value is -2.10. The summed E-state index contributed by atoms with van der Waals surface area (Å²) in [4.78, 5) is 19.3. The molecule has 0 fully saturated rings. The van der Waals surface area contributed by atoms with E-state index >= 15 is 0 Å². The van der Waals surface area contributed by atoms with Crippen molar-refractivity contribution in [1.29, 1.82) is 0 Å². The first-order chi connectivity index (χ1) is 12.8. The van der Waals surface area contributed by atoms with Gasteiger partial charge in [-0.05, 0) is 31.4 Å². The summed E-state index contributed by atoms with van der Waals surface area (Å²) in [5, 5.41) is 4.02. The van der Waals surface area contributed by atoms with Crippen molar-refractivity contribution in [2.75, 3.05) is 11.4 Å². The van der Waals surface area contributed by atoms with Crippen LogP contribution in [-0.4, -0.2) is 18.2 Å². The molecule has 4 heteroatoms. The van der Waals surface area contributed by atoms with Crippen LogP contribution in [0, 0.1) is 0 Å². The number of anilines is 1. The molecule has 0 amide bonds. The predicted octanol–water partition coefficient (Wildman–Crippen LogP) is 5.84. The fourth-order valence-electron chi connectivity index (χ4n) is 3.09. The van der Waals surface area contributed by atoms with Gasteiger partial charge < -0.3 is 9.74 Å². The first-order valence-electron chi connectivity index (χ1n) is 10.1. The summed E-state index contributed by atoms with van der Waals surface area (Å²) in [5.41, 5.74) is 2.50. The number of nitrogens with zero attached hydrogens (tertiary/aromatic N) is 2. The molecule has 0 N–H and O–H groups in total. The molecule has 26 heavy (non-hydrogen) atoms. The monoisotopic (exact) mass is 356 g/mol. The maximum Gasteiger partial charge on any atom is 0.369 e. The summed E-state index contributed by atoms with van der Waals surface area (Å²) in [5.74, 6) is -0.329. The molecule has 1 aromatic rings. The maximum atomic E-state index is 12.2. The molecular formula is C22H32N2O2. The van der Waals surface area contributed by atoms with Gasteiger partial charge in [0, 0.05) is 18.4 Å². The van der Waals surface area contributed by atoms with Crippen LogP contribution in [0.3, 0.4) is 0 Å². The minimum absolute atomic E-state index is 0.329. The summed E-state index contributed by atoms with van der Waals surface area (Å²) < 4.78 is 0. The van der Waals surface area contributed by atoms with E-state index in [2.05, 4.69) is 36.0 Å². The van der Waals surface area contributed by atoms with Crippen LogP contribution >= 0.6 is 0 Å². The third kappa shape index (κ3) is 6.32. The van der Waals surface area contributed by atoms with Gasteiger partial charge in [0.05, 0.1) is 5.71 Å². The molecule has 0 spiro atoms. The van der Waals surface area contributed by atoms with Crippen molar-refractivity contribution in [1.82, 2.24) is 0 Å². The van der Waals surface area contributed by atoms with E-state index in [1.165, 1.54) is 32.1 Å². The second-order valence-electron chi connectivity index (χ2n) is 6.86. The molecule has 1 aliphatic heterocycles. The summed E-state index contributed by atoms with van der Waals surface area (Å²) in [6, 6.07) is 10.2. The Kier molecular flexibility index (Phi) is 8.94. The van der Waals surface area contributed by atoms with Crippen molar-refractivity contribution >= 4 is 17.4 Å². The van der Waals surface area contributed by atoms with Crippen LogP contribution in [0.2, 0.25) is 0 Å². The lowest BCUT2D eigenvalue weighted by atomic mass is 10.0. The average Bonchev–Trinajstić information content (AvgIpc) is 3.01. The molecule has 0 aliphatic carbocycles. The van der Waals surface area contributed by atoms with Crippen LogP contribution < -0.4 is 4.90 Å². The molecule has 1 aromatic carbocycles. The number of oxime groups is 1. The molecule has 0 unspecified atom stereocenters. The highest BCUT2D eigenvalue weighted by atomic mass is 16.7. The Bertz CT molecular complexity index is 608. The maximum absolute atomic E-state index is 12.2. The zero-order chi connectivity index (χ0) is 18.6. The fraction of sp³-hybridized carbons (Fsp3) is 0.545. The van der Waals surface area contributed by atoms with E-state index in [1.807, 2.05) is 24.4 Å². The Balaban J connectivity index is 2.09. The number of rotatable bonds is 12. The highest BCUT2D eigenvalue weighted by Crippen LogP contribution is 2.21. The van der Waals surface area contributed by atoms with Crippen molar-refractivity contribution in [2.45, 2.75) is 71.6 Å². The third-order valence-corrected chi connectivity index (χ3v) is 4.66. The molecule has 142 valence electrons. The van der Waals surface area contributed by atoms with Crippen LogP contribution in [-0.2, 0) is 9.63 Å². The number of benzene rings is 1. The van der Waals surface area contributed by atoms with Gasteiger partial charge in [-0.25, -0.2) is 4.79 Å². The minimum atomic E-state index is -0.329. The smallest absolute Gasteiger partial charge is 0.347 e. The van der Waals surface area contributed by atoms with Gasteiger partial charge in [-0.2, -0.15) is 0 Å². The second-order valence-corrected chi connectivity index (χ2v) is 6.86. The SMILES string of the molecule is CCCCCCC1=NOC(=O)C1=CN(CCCCCC)c1ccccc1. The molecule has 0 saturated heterocycles. The molecule has 4 nitrogen and oxygen atoms in total. The number of carbonyl (C=O) groups excluding carboxylic acids is 1. The van der Waals surface area contributed by atoms with Crippen LogP contribution in [0.4, 0.5) is 5.69 Å². The Labute approximate surface area is 157 Å². The third-order valence-electron chi connectivity index (χ3n) is 4.66.